The molecule has 0 aliphatic heterocycles. The van der Waals surface area contributed by atoms with E-state index in [1.54, 1.807) is 0 Å². The first-order chi connectivity index (χ1) is 8.26. The summed E-state index contributed by atoms with van der Waals surface area (Å²) in [5.74, 6) is -5.56. The van der Waals surface area contributed by atoms with Gasteiger partial charge in [-0.25, -0.2) is 13.6 Å². The van der Waals surface area contributed by atoms with Gasteiger partial charge in [0.25, 0.3) is 15.2 Å². The molecule has 110 valence electrons. The molecule has 0 fully saturated rings. The summed E-state index contributed by atoms with van der Waals surface area (Å²) in [6, 6.07) is 0. The minimum Gasteiger partial charge on any atom is -0.303 e. The van der Waals surface area contributed by atoms with Gasteiger partial charge in [0, 0.05) is 7.05 Å². The number of rotatable bonds is 2. The van der Waals surface area contributed by atoms with E-state index >= 15 is 0 Å². The average Bonchev–Trinajstić information content (AvgIpc) is 2.41. The molecule has 0 spiro atoms. The van der Waals surface area contributed by atoms with Crippen LogP contribution in [0.1, 0.15) is 11.7 Å². The van der Waals surface area contributed by atoms with Crippen LogP contribution in [-0.4, -0.2) is 35.5 Å². The maximum Gasteiger partial charge on any atom is 0.407 e. The molecule has 1 rings (SSSR count). The zero-order chi connectivity index (χ0) is 15.2. The summed E-state index contributed by atoms with van der Waals surface area (Å²) in [6.07, 6.45) is -11.4. The minimum absolute atomic E-state index is 0.0426. The Morgan fingerprint density at radius 2 is 1.53 bits per heavy atom. The number of hydrogen-bond donors (Lipinski definition) is 1. The maximum absolute atomic E-state index is 12.4. The van der Waals surface area contributed by atoms with Crippen molar-refractivity contribution in [1.82, 2.24) is 14.8 Å². The van der Waals surface area contributed by atoms with Gasteiger partial charge in [0.1, 0.15) is 0 Å². The van der Waals surface area contributed by atoms with Crippen LogP contribution in [0.15, 0.2) is 5.16 Å². The first kappa shape index (κ1) is 15.7. The van der Waals surface area contributed by atoms with E-state index in [2.05, 4.69) is 15.3 Å². The number of nitrogens with zero attached hydrogens (tertiary/aromatic N) is 3. The first-order valence-corrected chi connectivity index (χ1v) is 5.86. The Balaban J connectivity index is 3.48. The molecule has 0 saturated carbocycles. The van der Waals surface area contributed by atoms with Crippen LogP contribution in [-0.2, 0) is 17.1 Å². The highest BCUT2D eigenvalue weighted by atomic mass is 32.2. The van der Waals surface area contributed by atoms with Crippen LogP contribution < -0.4 is 5.14 Å². The van der Waals surface area contributed by atoms with Crippen LogP contribution in [0.2, 0.25) is 0 Å². The predicted octanol–water partition coefficient (Wildman–Crippen LogP) is 0.671. The second kappa shape index (κ2) is 4.33. The number of alkyl halides is 6. The molecule has 1 aromatic rings. The lowest BCUT2D eigenvalue weighted by Gasteiger charge is -2.21. The van der Waals surface area contributed by atoms with Crippen molar-refractivity contribution < 1.29 is 34.8 Å². The largest absolute Gasteiger partial charge is 0.407 e. The van der Waals surface area contributed by atoms with E-state index in [1.165, 1.54) is 0 Å². The maximum atomic E-state index is 12.4. The van der Waals surface area contributed by atoms with Crippen LogP contribution in [0.3, 0.4) is 0 Å². The summed E-state index contributed by atoms with van der Waals surface area (Å²) in [4.78, 5) is 0. The highest BCUT2D eigenvalue weighted by Crippen LogP contribution is 2.45. The standard InChI is InChI=1S/C6H6F6N4O2S/c1-16-3(14-15-4(16)19(13,17)18)2(5(7,8)9)6(10,11)12/h2H,1H3,(H2,13,17,18). The molecule has 2 N–H and O–H groups in total. The molecule has 13 heteroatoms. The van der Waals surface area contributed by atoms with Crippen LogP contribution in [0, 0.1) is 0 Å². The van der Waals surface area contributed by atoms with Crippen molar-refractivity contribution in [3.63, 3.8) is 0 Å². The molecular weight excluding hydrogens is 306 g/mol. The fourth-order valence-corrected chi connectivity index (χ4v) is 1.93. The predicted molar refractivity (Wildman–Crippen MR) is 47.2 cm³/mol. The van der Waals surface area contributed by atoms with E-state index in [-0.39, 0.29) is 4.57 Å². The molecule has 0 aliphatic rings. The van der Waals surface area contributed by atoms with Gasteiger partial charge in [-0.15, -0.1) is 10.2 Å². The van der Waals surface area contributed by atoms with Crippen LogP contribution in [0.5, 0.6) is 0 Å². The molecule has 1 heterocycles. The van der Waals surface area contributed by atoms with E-state index in [0.717, 1.165) is 0 Å². The van der Waals surface area contributed by atoms with Crippen molar-refractivity contribution in [3.05, 3.63) is 5.82 Å². The van der Waals surface area contributed by atoms with E-state index in [9.17, 15) is 34.8 Å². The van der Waals surface area contributed by atoms with Crippen molar-refractivity contribution in [2.24, 2.45) is 12.2 Å². The minimum atomic E-state index is -5.70. The van der Waals surface area contributed by atoms with Gasteiger partial charge in [-0.1, -0.05) is 0 Å². The van der Waals surface area contributed by atoms with Crippen molar-refractivity contribution in [2.75, 3.05) is 0 Å². The van der Waals surface area contributed by atoms with E-state index in [4.69, 9.17) is 0 Å². The fourth-order valence-electron chi connectivity index (χ4n) is 1.30. The van der Waals surface area contributed by atoms with E-state index < -0.39 is 39.3 Å². The number of nitrogens with two attached hydrogens (primary N) is 1. The molecule has 0 unspecified atom stereocenters. The summed E-state index contributed by atoms with van der Waals surface area (Å²) < 4.78 is 96.2. The lowest BCUT2D eigenvalue weighted by atomic mass is 10.1. The number of primary sulfonamides is 1. The molecular formula is C6H6F6N4O2S. The summed E-state index contributed by atoms with van der Waals surface area (Å²) in [7, 11) is -3.94. The molecule has 0 aliphatic carbocycles. The monoisotopic (exact) mass is 312 g/mol. The summed E-state index contributed by atoms with van der Waals surface area (Å²) in [5, 5.41) is 8.75. The van der Waals surface area contributed by atoms with Crippen molar-refractivity contribution in [1.29, 1.82) is 0 Å². The van der Waals surface area contributed by atoms with Crippen molar-refractivity contribution in [2.45, 2.75) is 23.4 Å². The van der Waals surface area contributed by atoms with Gasteiger partial charge in [0.2, 0.25) is 5.92 Å². The number of sulfonamides is 1. The van der Waals surface area contributed by atoms with Gasteiger partial charge in [0.05, 0.1) is 0 Å². The third-order valence-corrected chi connectivity index (χ3v) is 2.90. The van der Waals surface area contributed by atoms with Gasteiger partial charge in [-0.3, -0.25) is 0 Å². The molecule has 1 aromatic heterocycles. The normalized spacial score (nSPS) is 14.2. The summed E-state index contributed by atoms with van der Waals surface area (Å²) >= 11 is 0. The SMILES string of the molecule is Cn1c(C(C(F)(F)F)C(F)(F)F)nnc1S(N)(=O)=O. The van der Waals surface area contributed by atoms with E-state index in [0.29, 0.717) is 7.05 Å². The Morgan fingerprint density at radius 3 is 1.79 bits per heavy atom. The van der Waals surface area contributed by atoms with Crippen LogP contribution >= 0.6 is 0 Å². The van der Waals surface area contributed by atoms with Gasteiger partial charge < -0.3 is 4.57 Å². The van der Waals surface area contributed by atoms with Gasteiger partial charge >= 0.3 is 12.4 Å². The molecule has 0 radical (unpaired) electrons. The van der Waals surface area contributed by atoms with Crippen molar-refractivity contribution in [3.8, 4) is 0 Å². The lowest BCUT2D eigenvalue weighted by Crippen LogP contribution is -2.36. The van der Waals surface area contributed by atoms with Gasteiger partial charge in [-0.2, -0.15) is 26.3 Å². The van der Waals surface area contributed by atoms with Crippen molar-refractivity contribution >= 4 is 10.0 Å². The third kappa shape index (κ3) is 3.15. The fraction of sp³-hybridized carbons (Fsp3) is 0.667. The van der Waals surface area contributed by atoms with Crippen LogP contribution in [0.25, 0.3) is 0 Å². The van der Waals surface area contributed by atoms with Crippen LogP contribution in [0.4, 0.5) is 26.3 Å². The summed E-state index contributed by atoms with van der Waals surface area (Å²) in [6.45, 7) is 0. The van der Waals surface area contributed by atoms with Gasteiger partial charge in [0.15, 0.2) is 5.82 Å². The Hall–Kier alpha value is -1.37. The number of aromatic nitrogens is 3. The average molecular weight is 312 g/mol. The Bertz CT molecular complexity index is 560. The quantitative estimate of drug-likeness (QED) is 0.813. The second-order valence-corrected chi connectivity index (χ2v) is 4.92. The highest BCUT2D eigenvalue weighted by molar-refractivity contribution is 7.89. The molecule has 6 nitrogen and oxygen atoms in total. The Kier molecular flexibility index (Phi) is 3.58. The topological polar surface area (TPSA) is 90.9 Å². The Morgan fingerprint density at radius 1 is 1.11 bits per heavy atom. The van der Waals surface area contributed by atoms with Gasteiger partial charge in [-0.05, 0) is 0 Å². The molecule has 19 heavy (non-hydrogen) atoms. The zero-order valence-electron chi connectivity index (χ0n) is 8.99. The molecule has 0 bridgehead atoms. The molecule has 0 amide bonds. The van der Waals surface area contributed by atoms with E-state index in [1.807, 2.05) is 0 Å². The Labute approximate surface area is 102 Å². The molecule has 0 atom stereocenters. The first-order valence-electron chi connectivity index (χ1n) is 4.31. The lowest BCUT2D eigenvalue weighted by molar-refractivity contribution is -0.256. The zero-order valence-corrected chi connectivity index (χ0v) is 9.81. The second-order valence-electron chi connectivity index (χ2n) is 3.46. The highest BCUT2D eigenvalue weighted by Gasteiger charge is 2.60. The molecule has 0 saturated heterocycles. The molecule has 0 aromatic carbocycles. The number of hydrogen-bond acceptors (Lipinski definition) is 4. The smallest absolute Gasteiger partial charge is 0.303 e. The number of halogens is 6. The summed E-state index contributed by atoms with van der Waals surface area (Å²) in [5.41, 5.74) is 0. The third-order valence-electron chi connectivity index (χ3n) is 2.04.